The first-order chi connectivity index (χ1) is 7.15. The molecule has 2 nitrogen and oxygen atoms in total. The second-order valence-electron chi connectivity index (χ2n) is 4.43. The van der Waals surface area contributed by atoms with Crippen LogP contribution >= 0.6 is 0 Å². The smallest absolute Gasteiger partial charge is 0.148 e. The number of hydrogen-bond donors (Lipinski definition) is 0. The van der Waals surface area contributed by atoms with Crippen LogP contribution in [0.15, 0.2) is 18.2 Å². The highest BCUT2D eigenvalue weighted by Crippen LogP contribution is 2.15. The fourth-order valence-electron chi connectivity index (χ4n) is 2.04. The van der Waals surface area contributed by atoms with Crippen molar-refractivity contribution in [2.45, 2.75) is 26.8 Å². The summed E-state index contributed by atoms with van der Waals surface area (Å²) in [7, 11) is 0. The Morgan fingerprint density at radius 2 is 2.13 bits per heavy atom. The number of nitrogens with zero attached hydrogens (tertiary/aromatic N) is 1. The summed E-state index contributed by atoms with van der Waals surface area (Å²) in [6.45, 7) is 6.71. The summed E-state index contributed by atoms with van der Waals surface area (Å²) in [6, 6.07) is 6.51. The van der Waals surface area contributed by atoms with E-state index in [2.05, 4.69) is 36.9 Å². The molecule has 0 N–H and O–H groups in total. The zero-order chi connectivity index (χ0) is 10.8. The third kappa shape index (κ3) is 2.45. The number of carbonyl (C=O) groups excluding carboxylic acids is 1. The zero-order valence-electron chi connectivity index (χ0n) is 9.42. The Morgan fingerprint density at radius 1 is 1.33 bits per heavy atom. The standard InChI is InChI=1S/C13H17NO/c1-10-3-4-11(2)12(7-10)8-14-6-5-13(15)9-14/h3-4,7H,5-6,8-9H2,1-2H3. The van der Waals surface area contributed by atoms with E-state index in [4.69, 9.17) is 0 Å². The predicted octanol–water partition coefficient (Wildman–Crippen LogP) is 2.08. The van der Waals surface area contributed by atoms with Gasteiger partial charge >= 0.3 is 0 Å². The normalized spacial score (nSPS) is 17.3. The Kier molecular flexibility index (Phi) is 2.87. The van der Waals surface area contributed by atoms with Gasteiger partial charge in [-0.15, -0.1) is 0 Å². The van der Waals surface area contributed by atoms with Crippen LogP contribution in [0.3, 0.4) is 0 Å². The molecule has 0 unspecified atom stereocenters. The topological polar surface area (TPSA) is 20.3 Å². The molecule has 2 heteroatoms. The van der Waals surface area contributed by atoms with Gasteiger partial charge in [-0.05, 0) is 25.0 Å². The maximum atomic E-state index is 11.2. The van der Waals surface area contributed by atoms with E-state index < -0.39 is 0 Å². The number of Topliss-reactive ketones (excluding diaryl/α,β-unsaturated/α-hetero) is 1. The Bertz CT molecular complexity index is 384. The molecular weight excluding hydrogens is 186 g/mol. The summed E-state index contributed by atoms with van der Waals surface area (Å²) < 4.78 is 0. The molecule has 0 atom stereocenters. The van der Waals surface area contributed by atoms with Gasteiger partial charge in [0.05, 0.1) is 6.54 Å². The van der Waals surface area contributed by atoms with E-state index >= 15 is 0 Å². The quantitative estimate of drug-likeness (QED) is 0.733. The highest BCUT2D eigenvalue weighted by Gasteiger charge is 2.19. The SMILES string of the molecule is Cc1ccc(C)c(CN2CCC(=O)C2)c1. The average molecular weight is 203 g/mol. The van der Waals surface area contributed by atoms with Crippen molar-refractivity contribution in [1.82, 2.24) is 4.90 Å². The summed E-state index contributed by atoms with van der Waals surface area (Å²) in [5.74, 6) is 0.375. The molecule has 1 heterocycles. The van der Waals surface area contributed by atoms with Gasteiger partial charge in [0, 0.05) is 19.5 Å². The van der Waals surface area contributed by atoms with Crippen molar-refractivity contribution >= 4 is 5.78 Å². The van der Waals surface area contributed by atoms with E-state index in [0.717, 1.165) is 19.5 Å². The summed E-state index contributed by atoms with van der Waals surface area (Å²) in [5, 5.41) is 0. The third-order valence-electron chi connectivity index (χ3n) is 3.01. The van der Waals surface area contributed by atoms with Crippen molar-refractivity contribution < 1.29 is 4.79 Å². The summed E-state index contributed by atoms with van der Waals surface area (Å²) >= 11 is 0. The highest BCUT2D eigenvalue weighted by atomic mass is 16.1. The largest absolute Gasteiger partial charge is 0.298 e. The number of rotatable bonds is 2. The first-order valence-corrected chi connectivity index (χ1v) is 5.45. The first kappa shape index (κ1) is 10.4. The molecule has 0 radical (unpaired) electrons. The van der Waals surface area contributed by atoms with E-state index in [1.165, 1.54) is 16.7 Å². The van der Waals surface area contributed by atoms with Crippen LogP contribution in [0.25, 0.3) is 0 Å². The fraction of sp³-hybridized carbons (Fsp3) is 0.462. The van der Waals surface area contributed by atoms with Gasteiger partial charge in [0.1, 0.15) is 5.78 Å². The molecule has 80 valence electrons. The number of carbonyl (C=O) groups is 1. The second kappa shape index (κ2) is 4.15. The minimum atomic E-state index is 0.375. The minimum absolute atomic E-state index is 0.375. The minimum Gasteiger partial charge on any atom is -0.298 e. The van der Waals surface area contributed by atoms with Crippen LogP contribution in [0.5, 0.6) is 0 Å². The van der Waals surface area contributed by atoms with Gasteiger partial charge in [-0.3, -0.25) is 9.69 Å². The highest BCUT2D eigenvalue weighted by molar-refractivity contribution is 5.82. The molecule has 15 heavy (non-hydrogen) atoms. The zero-order valence-corrected chi connectivity index (χ0v) is 9.42. The second-order valence-corrected chi connectivity index (χ2v) is 4.43. The van der Waals surface area contributed by atoms with Gasteiger partial charge in [0.15, 0.2) is 0 Å². The summed E-state index contributed by atoms with van der Waals surface area (Å²) in [5.41, 5.74) is 3.96. The molecule has 0 aliphatic carbocycles. The molecule has 0 spiro atoms. The van der Waals surface area contributed by atoms with Gasteiger partial charge in [0.2, 0.25) is 0 Å². The Balaban J connectivity index is 2.10. The van der Waals surface area contributed by atoms with Crippen molar-refractivity contribution in [2.24, 2.45) is 0 Å². The molecule has 1 aromatic rings. The lowest BCUT2D eigenvalue weighted by Crippen LogP contribution is -2.20. The van der Waals surface area contributed by atoms with Crippen molar-refractivity contribution in [3.8, 4) is 0 Å². The molecular formula is C13H17NO. The molecule has 1 saturated heterocycles. The molecule has 1 aromatic carbocycles. The fourth-order valence-corrected chi connectivity index (χ4v) is 2.04. The Hall–Kier alpha value is -1.15. The van der Waals surface area contributed by atoms with Crippen LogP contribution in [0, 0.1) is 13.8 Å². The third-order valence-corrected chi connectivity index (χ3v) is 3.01. The Labute approximate surface area is 90.9 Å². The van der Waals surface area contributed by atoms with Crippen molar-refractivity contribution in [3.05, 3.63) is 34.9 Å². The van der Waals surface area contributed by atoms with Gasteiger partial charge < -0.3 is 0 Å². The predicted molar refractivity (Wildman–Crippen MR) is 60.8 cm³/mol. The number of hydrogen-bond acceptors (Lipinski definition) is 2. The maximum absolute atomic E-state index is 11.2. The van der Waals surface area contributed by atoms with Crippen LogP contribution in [-0.2, 0) is 11.3 Å². The van der Waals surface area contributed by atoms with Crippen LogP contribution < -0.4 is 0 Å². The van der Waals surface area contributed by atoms with Gasteiger partial charge in [-0.2, -0.15) is 0 Å². The molecule has 0 aromatic heterocycles. The number of aryl methyl sites for hydroxylation is 2. The average Bonchev–Trinajstić information content (AvgIpc) is 2.58. The lowest BCUT2D eigenvalue weighted by Gasteiger charge is -2.15. The van der Waals surface area contributed by atoms with Crippen LogP contribution in [0.1, 0.15) is 23.1 Å². The van der Waals surface area contributed by atoms with E-state index in [0.29, 0.717) is 12.3 Å². The van der Waals surface area contributed by atoms with E-state index in [1.54, 1.807) is 0 Å². The monoisotopic (exact) mass is 203 g/mol. The van der Waals surface area contributed by atoms with Crippen LogP contribution in [0.2, 0.25) is 0 Å². The van der Waals surface area contributed by atoms with E-state index in [9.17, 15) is 4.79 Å². The summed E-state index contributed by atoms with van der Waals surface area (Å²) in [4.78, 5) is 13.4. The number of benzene rings is 1. The van der Waals surface area contributed by atoms with Crippen molar-refractivity contribution in [1.29, 1.82) is 0 Å². The van der Waals surface area contributed by atoms with E-state index in [1.807, 2.05) is 0 Å². The lowest BCUT2D eigenvalue weighted by atomic mass is 10.1. The first-order valence-electron chi connectivity index (χ1n) is 5.45. The molecule has 2 rings (SSSR count). The molecule has 1 aliphatic rings. The molecule has 1 fully saturated rings. The molecule has 0 amide bonds. The molecule has 0 saturated carbocycles. The van der Waals surface area contributed by atoms with Crippen LogP contribution in [-0.4, -0.2) is 23.8 Å². The Morgan fingerprint density at radius 3 is 2.80 bits per heavy atom. The van der Waals surface area contributed by atoms with Crippen LogP contribution in [0.4, 0.5) is 0 Å². The number of likely N-dealkylation sites (tertiary alicyclic amines) is 1. The molecule has 1 aliphatic heterocycles. The molecule has 0 bridgehead atoms. The van der Waals surface area contributed by atoms with Gasteiger partial charge in [0.25, 0.3) is 0 Å². The van der Waals surface area contributed by atoms with Gasteiger partial charge in [-0.25, -0.2) is 0 Å². The maximum Gasteiger partial charge on any atom is 0.148 e. The van der Waals surface area contributed by atoms with Gasteiger partial charge in [-0.1, -0.05) is 23.8 Å². The summed E-state index contributed by atoms with van der Waals surface area (Å²) in [6.07, 6.45) is 0.727. The lowest BCUT2D eigenvalue weighted by molar-refractivity contribution is -0.116. The van der Waals surface area contributed by atoms with Crippen molar-refractivity contribution in [3.63, 3.8) is 0 Å². The van der Waals surface area contributed by atoms with Crippen molar-refractivity contribution in [2.75, 3.05) is 13.1 Å². The van der Waals surface area contributed by atoms with E-state index in [-0.39, 0.29) is 0 Å². The number of ketones is 1.